The molecule has 6 nitrogen and oxygen atoms in total. The minimum atomic E-state index is -3.66. The van der Waals surface area contributed by atoms with Crippen molar-refractivity contribution in [3.05, 3.63) is 59.2 Å². The van der Waals surface area contributed by atoms with Gasteiger partial charge in [-0.25, -0.2) is 8.42 Å². The molecule has 0 aliphatic heterocycles. The van der Waals surface area contributed by atoms with Crippen LogP contribution in [0.2, 0.25) is 0 Å². The highest BCUT2D eigenvalue weighted by atomic mass is 32.2. The molecule has 1 N–H and O–H groups in total. The summed E-state index contributed by atoms with van der Waals surface area (Å²) in [4.78, 5) is 13.2. The van der Waals surface area contributed by atoms with Gasteiger partial charge in [-0.05, 0) is 67.6 Å². The number of methoxy groups -OCH3 is 1. The Labute approximate surface area is 180 Å². The molecule has 0 aromatic heterocycles. The Morgan fingerprint density at radius 2 is 1.67 bits per heavy atom. The number of sulfonamides is 1. The van der Waals surface area contributed by atoms with Crippen LogP contribution >= 0.6 is 0 Å². The zero-order valence-corrected chi connectivity index (χ0v) is 19.4. The van der Waals surface area contributed by atoms with Crippen molar-refractivity contribution in [2.45, 2.75) is 52.6 Å². The quantitative estimate of drug-likeness (QED) is 0.647. The van der Waals surface area contributed by atoms with E-state index in [1.54, 1.807) is 13.2 Å². The molecule has 7 heteroatoms. The lowest BCUT2D eigenvalue weighted by molar-refractivity contribution is -0.123. The smallest absolute Gasteiger partial charge is 0.244 e. The van der Waals surface area contributed by atoms with Crippen LogP contribution in [0.5, 0.6) is 5.75 Å². The van der Waals surface area contributed by atoms with Gasteiger partial charge in [0.2, 0.25) is 15.9 Å². The predicted octanol–water partition coefficient (Wildman–Crippen LogP) is 4.12. The minimum absolute atomic E-state index is 0.223. The van der Waals surface area contributed by atoms with Gasteiger partial charge in [0.25, 0.3) is 0 Å². The molecule has 0 aliphatic rings. The van der Waals surface area contributed by atoms with Crippen molar-refractivity contribution >= 4 is 21.6 Å². The van der Waals surface area contributed by atoms with E-state index in [1.807, 2.05) is 64.1 Å². The Hall–Kier alpha value is -2.54. The van der Waals surface area contributed by atoms with Gasteiger partial charge in [0, 0.05) is 0 Å². The molecule has 0 aliphatic carbocycles. The normalized spacial score (nSPS) is 13.4. The van der Waals surface area contributed by atoms with Gasteiger partial charge in [-0.1, -0.05) is 32.0 Å². The number of benzene rings is 2. The van der Waals surface area contributed by atoms with Gasteiger partial charge in [-0.15, -0.1) is 0 Å². The molecule has 2 aromatic carbocycles. The first-order chi connectivity index (χ1) is 14.1. The first kappa shape index (κ1) is 23.7. The molecule has 0 heterocycles. The summed E-state index contributed by atoms with van der Waals surface area (Å²) >= 11 is 0. The maximum atomic E-state index is 13.2. The number of hydrogen-bond acceptors (Lipinski definition) is 4. The van der Waals surface area contributed by atoms with Crippen LogP contribution in [0.15, 0.2) is 42.5 Å². The number of carbonyl (C=O) groups is 1. The van der Waals surface area contributed by atoms with E-state index >= 15 is 0 Å². The molecule has 0 radical (unpaired) electrons. The number of carbonyl (C=O) groups excluding carboxylic acids is 1. The monoisotopic (exact) mass is 432 g/mol. The second-order valence-electron chi connectivity index (χ2n) is 7.49. The summed E-state index contributed by atoms with van der Waals surface area (Å²) in [5.41, 5.74) is 3.48. The summed E-state index contributed by atoms with van der Waals surface area (Å²) in [5.74, 6) is 0.424. The third-order valence-electron chi connectivity index (χ3n) is 5.32. The Kier molecular flexibility index (Phi) is 7.89. The fourth-order valence-electron chi connectivity index (χ4n) is 3.45. The van der Waals surface area contributed by atoms with E-state index < -0.39 is 16.1 Å². The van der Waals surface area contributed by atoms with Crippen molar-refractivity contribution in [2.75, 3.05) is 17.7 Å². The average molecular weight is 433 g/mol. The van der Waals surface area contributed by atoms with Crippen LogP contribution in [-0.2, 0) is 14.8 Å². The minimum Gasteiger partial charge on any atom is -0.497 e. The van der Waals surface area contributed by atoms with E-state index in [9.17, 15) is 13.2 Å². The van der Waals surface area contributed by atoms with Crippen LogP contribution in [0, 0.1) is 13.8 Å². The van der Waals surface area contributed by atoms with Crippen LogP contribution in [0.1, 0.15) is 49.4 Å². The lowest BCUT2D eigenvalue weighted by Gasteiger charge is -2.32. The Balaban J connectivity index is 2.35. The average Bonchev–Trinajstić information content (AvgIpc) is 2.71. The fourth-order valence-corrected chi connectivity index (χ4v) is 4.65. The van der Waals surface area contributed by atoms with Gasteiger partial charge in [-0.3, -0.25) is 9.10 Å². The SMILES string of the molecule is CC[C@H](NC(=O)[C@H](CC)N(c1ccc(C)c(C)c1)S(C)(=O)=O)c1ccc(OC)cc1. The molecule has 0 saturated heterocycles. The van der Waals surface area contributed by atoms with Crippen molar-refractivity contribution in [3.8, 4) is 5.75 Å². The topological polar surface area (TPSA) is 75.7 Å². The number of amides is 1. The maximum absolute atomic E-state index is 13.2. The lowest BCUT2D eigenvalue weighted by atomic mass is 10.0. The zero-order valence-electron chi connectivity index (χ0n) is 18.6. The largest absolute Gasteiger partial charge is 0.497 e. The summed E-state index contributed by atoms with van der Waals surface area (Å²) < 4.78 is 31.7. The summed E-state index contributed by atoms with van der Waals surface area (Å²) in [6, 6.07) is 11.9. The van der Waals surface area contributed by atoms with Crippen LogP contribution < -0.4 is 14.4 Å². The summed E-state index contributed by atoms with van der Waals surface area (Å²) in [6.07, 6.45) is 2.17. The standard InChI is InChI=1S/C23H32N2O4S/c1-7-21(18-10-13-20(29-5)14-11-18)24-23(26)22(8-2)25(30(6,27)28)19-12-9-16(3)17(4)15-19/h9-15,21-22H,7-8H2,1-6H3,(H,24,26)/t21-,22-/m0/s1. The van der Waals surface area contributed by atoms with E-state index in [1.165, 1.54) is 4.31 Å². The molecule has 2 atom stereocenters. The van der Waals surface area contributed by atoms with Crippen molar-refractivity contribution in [3.63, 3.8) is 0 Å². The molecule has 1 amide bonds. The number of ether oxygens (including phenoxy) is 1. The summed E-state index contributed by atoms with van der Waals surface area (Å²) in [6.45, 7) is 7.69. The highest BCUT2D eigenvalue weighted by Gasteiger charge is 2.32. The van der Waals surface area contributed by atoms with E-state index in [-0.39, 0.29) is 11.9 Å². The zero-order chi connectivity index (χ0) is 22.5. The van der Waals surface area contributed by atoms with Gasteiger partial charge >= 0.3 is 0 Å². The number of nitrogens with one attached hydrogen (secondary N) is 1. The van der Waals surface area contributed by atoms with Crippen LogP contribution in [0.3, 0.4) is 0 Å². The van der Waals surface area contributed by atoms with Crippen molar-refractivity contribution in [1.82, 2.24) is 5.32 Å². The van der Waals surface area contributed by atoms with Gasteiger partial charge in [0.05, 0.1) is 25.1 Å². The van der Waals surface area contributed by atoms with Crippen LogP contribution in [-0.4, -0.2) is 33.7 Å². The molecular weight excluding hydrogens is 400 g/mol. The summed E-state index contributed by atoms with van der Waals surface area (Å²) in [7, 11) is -2.06. The Morgan fingerprint density at radius 3 is 2.13 bits per heavy atom. The molecule has 0 bridgehead atoms. The molecule has 0 saturated carbocycles. The van der Waals surface area contributed by atoms with Gasteiger partial charge < -0.3 is 10.1 Å². The van der Waals surface area contributed by atoms with Crippen LogP contribution in [0.4, 0.5) is 5.69 Å². The van der Waals surface area contributed by atoms with Gasteiger partial charge in [0.15, 0.2) is 0 Å². The number of anilines is 1. The second-order valence-corrected chi connectivity index (χ2v) is 9.35. The number of hydrogen-bond donors (Lipinski definition) is 1. The Bertz CT molecular complexity index is 971. The van der Waals surface area contributed by atoms with E-state index in [2.05, 4.69) is 5.32 Å². The van der Waals surface area contributed by atoms with Crippen molar-refractivity contribution in [2.24, 2.45) is 0 Å². The highest BCUT2D eigenvalue weighted by Crippen LogP contribution is 2.26. The molecule has 164 valence electrons. The van der Waals surface area contributed by atoms with E-state index in [0.29, 0.717) is 18.5 Å². The number of rotatable bonds is 9. The molecule has 30 heavy (non-hydrogen) atoms. The molecule has 0 spiro atoms. The van der Waals surface area contributed by atoms with E-state index in [0.717, 1.165) is 28.7 Å². The molecule has 2 rings (SSSR count). The molecule has 2 aromatic rings. The maximum Gasteiger partial charge on any atom is 0.244 e. The lowest BCUT2D eigenvalue weighted by Crippen LogP contribution is -2.50. The van der Waals surface area contributed by atoms with Crippen LogP contribution in [0.25, 0.3) is 0 Å². The molecule has 0 fully saturated rings. The number of nitrogens with zero attached hydrogens (tertiary/aromatic N) is 1. The Morgan fingerprint density at radius 1 is 1.03 bits per heavy atom. The second kappa shape index (κ2) is 9.98. The third kappa shape index (κ3) is 5.53. The highest BCUT2D eigenvalue weighted by molar-refractivity contribution is 7.92. The van der Waals surface area contributed by atoms with Crippen molar-refractivity contribution in [1.29, 1.82) is 0 Å². The first-order valence-electron chi connectivity index (χ1n) is 10.1. The fraction of sp³-hybridized carbons (Fsp3) is 0.435. The first-order valence-corrected chi connectivity index (χ1v) is 12.0. The predicted molar refractivity (Wildman–Crippen MR) is 121 cm³/mol. The number of aryl methyl sites for hydroxylation is 2. The van der Waals surface area contributed by atoms with Crippen molar-refractivity contribution < 1.29 is 17.9 Å². The van der Waals surface area contributed by atoms with E-state index in [4.69, 9.17) is 4.74 Å². The van der Waals surface area contributed by atoms with Gasteiger partial charge in [-0.2, -0.15) is 0 Å². The third-order valence-corrected chi connectivity index (χ3v) is 6.50. The van der Waals surface area contributed by atoms with Gasteiger partial charge in [0.1, 0.15) is 11.8 Å². The summed E-state index contributed by atoms with van der Waals surface area (Å²) in [5, 5.41) is 3.03. The molecular formula is C23H32N2O4S. The molecule has 0 unspecified atom stereocenters.